The number of hydrogen-bond acceptors (Lipinski definition) is 5. The monoisotopic (exact) mass is 409 g/mol. The lowest BCUT2D eigenvalue weighted by Gasteiger charge is -2.12. The van der Waals surface area contributed by atoms with E-state index in [4.69, 9.17) is 14.2 Å². The number of nitrogens with one attached hydrogen (secondary N) is 1. The lowest BCUT2D eigenvalue weighted by Crippen LogP contribution is -2.21. The Kier molecular flexibility index (Phi) is 7.00. The highest BCUT2D eigenvalue weighted by atomic mass is 19.1. The minimum atomic E-state index is -0.595. The predicted octanol–water partition coefficient (Wildman–Crippen LogP) is 4.21. The summed E-state index contributed by atoms with van der Waals surface area (Å²) in [6, 6.07) is 19.4. The number of carbonyl (C=O) groups is 2. The predicted molar refractivity (Wildman–Crippen MR) is 109 cm³/mol. The van der Waals surface area contributed by atoms with Crippen LogP contribution in [0.4, 0.5) is 10.1 Å². The van der Waals surface area contributed by atoms with Crippen molar-refractivity contribution in [1.82, 2.24) is 0 Å². The van der Waals surface area contributed by atoms with Gasteiger partial charge in [0.2, 0.25) is 0 Å². The van der Waals surface area contributed by atoms with E-state index in [0.29, 0.717) is 5.75 Å². The second-order valence-electron chi connectivity index (χ2n) is 6.24. The normalized spacial score (nSPS) is 10.2. The number of esters is 1. The van der Waals surface area contributed by atoms with Crippen LogP contribution in [0.3, 0.4) is 0 Å². The van der Waals surface area contributed by atoms with Crippen molar-refractivity contribution in [1.29, 1.82) is 0 Å². The molecule has 1 amide bonds. The molecule has 0 atom stereocenters. The maximum absolute atomic E-state index is 13.6. The highest BCUT2D eigenvalue weighted by Gasteiger charge is 2.15. The van der Waals surface area contributed by atoms with Crippen molar-refractivity contribution in [2.45, 2.75) is 6.61 Å². The van der Waals surface area contributed by atoms with Gasteiger partial charge in [0.1, 0.15) is 29.5 Å². The molecule has 0 saturated carbocycles. The van der Waals surface area contributed by atoms with Crippen LogP contribution in [0.5, 0.6) is 11.5 Å². The first-order valence-electron chi connectivity index (χ1n) is 9.13. The summed E-state index contributed by atoms with van der Waals surface area (Å²) in [6.45, 7) is -0.341. The number of halogens is 1. The average Bonchev–Trinajstić information content (AvgIpc) is 2.78. The maximum Gasteiger partial charge on any atom is 0.342 e. The number of ether oxygens (including phenoxy) is 3. The SMILES string of the molecule is COc1cccc(COC(=O)c2ccccc2OCC(=O)Nc2ccccc2F)c1. The van der Waals surface area contributed by atoms with Gasteiger partial charge in [-0.25, -0.2) is 9.18 Å². The zero-order chi connectivity index (χ0) is 21.3. The van der Waals surface area contributed by atoms with Crippen molar-refractivity contribution in [3.05, 3.63) is 89.7 Å². The second-order valence-corrected chi connectivity index (χ2v) is 6.24. The number of hydrogen-bond donors (Lipinski definition) is 1. The van der Waals surface area contributed by atoms with Crippen molar-refractivity contribution >= 4 is 17.6 Å². The molecular weight excluding hydrogens is 389 g/mol. The topological polar surface area (TPSA) is 73.9 Å². The van der Waals surface area contributed by atoms with Gasteiger partial charge in [-0.05, 0) is 42.0 Å². The fourth-order valence-corrected chi connectivity index (χ4v) is 2.64. The van der Waals surface area contributed by atoms with Crippen molar-refractivity contribution in [3.8, 4) is 11.5 Å². The Labute approximate surface area is 173 Å². The summed E-state index contributed by atoms with van der Waals surface area (Å²) in [4.78, 5) is 24.5. The van der Waals surface area contributed by atoms with Crippen LogP contribution in [0.15, 0.2) is 72.8 Å². The first kappa shape index (κ1) is 20.9. The fraction of sp³-hybridized carbons (Fsp3) is 0.130. The standard InChI is InChI=1S/C23H20FNO5/c1-28-17-8-6-7-16(13-17)14-30-23(27)18-9-2-5-12-21(18)29-15-22(26)25-20-11-4-3-10-19(20)24/h2-13H,14-15H2,1H3,(H,25,26). The Bertz CT molecular complexity index is 1040. The number of amides is 1. The molecular formula is C23H20FNO5. The van der Waals surface area contributed by atoms with Gasteiger partial charge in [-0.2, -0.15) is 0 Å². The van der Waals surface area contributed by atoms with Crippen LogP contribution >= 0.6 is 0 Å². The smallest absolute Gasteiger partial charge is 0.342 e. The Balaban J connectivity index is 1.60. The summed E-state index contributed by atoms with van der Waals surface area (Å²) in [5.74, 6) is -0.847. The molecule has 3 aromatic carbocycles. The van der Waals surface area contributed by atoms with Crippen LogP contribution in [-0.4, -0.2) is 25.6 Å². The van der Waals surface area contributed by atoms with E-state index in [0.717, 1.165) is 5.56 Å². The van der Waals surface area contributed by atoms with Crippen LogP contribution in [0, 0.1) is 5.82 Å². The van der Waals surface area contributed by atoms with Gasteiger partial charge in [-0.3, -0.25) is 4.79 Å². The fourth-order valence-electron chi connectivity index (χ4n) is 2.64. The lowest BCUT2D eigenvalue weighted by atomic mass is 10.2. The molecule has 0 aliphatic heterocycles. The van der Waals surface area contributed by atoms with E-state index in [9.17, 15) is 14.0 Å². The third-order valence-corrected chi connectivity index (χ3v) is 4.12. The summed E-state index contributed by atoms with van der Waals surface area (Å²) in [5.41, 5.74) is 1.00. The highest BCUT2D eigenvalue weighted by Crippen LogP contribution is 2.21. The molecule has 3 rings (SSSR count). The number of rotatable bonds is 8. The number of anilines is 1. The molecule has 0 unspecified atom stereocenters. The van der Waals surface area contributed by atoms with E-state index in [1.807, 2.05) is 6.07 Å². The average molecular weight is 409 g/mol. The molecule has 0 bridgehead atoms. The molecule has 3 aromatic rings. The zero-order valence-electron chi connectivity index (χ0n) is 16.3. The Morgan fingerprint density at radius 3 is 2.53 bits per heavy atom. The highest BCUT2D eigenvalue weighted by molar-refractivity contribution is 5.94. The van der Waals surface area contributed by atoms with Gasteiger partial charge in [-0.1, -0.05) is 36.4 Å². The molecule has 30 heavy (non-hydrogen) atoms. The first-order valence-corrected chi connectivity index (χ1v) is 9.13. The molecule has 1 N–H and O–H groups in total. The third kappa shape index (κ3) is 5.57. The van der Waals surface area contributed by atoms with Crippen LogP contribution < -0.4 is 14.8 Å². The summed E-state index contributed by atoms with van der Waals surface area (Å²) in [5, 5.41) is 2.42. The van der Waals surface area contributed by atoms with Crippen LogP contribution in [0.25, 0.3) is 0 Å². The summed E-state index contributed by atoms with van der Waals surface area (Å²) in [6.07, 6.45) is 0. The van der Waals surface area contributed by atoms with E-state index in [1.165, 1.54) is 24.3 Å². The number of para-hydroxylation sites is 2. The third-order valence-electron chi connectivity index (χ3n) is 4.12. The zero-order valence-corrected chi connectivity index (χ0v) is 16.3. The second kappa shape index (κ2) is 10.1. The largest absolute Gasteiger partial charge is 0.497 e. The molecule has 0 aliphatic rings. The quantitative estimate of drug-likeness (QED) is 0.564. The molecule has 0 aliphatic carbocycles. The van der Waals surface area contributed by atoms with Gasteiger partial charge in [0.05, 0.1) is 12.8 Å². The van der Waals surface area contributed by atoms with Crippen molar-refractivity contribution in [2.24, 2.45) is 0 Å². The lowest BCUT2D eigenvalue weighted by molar-refractivity contribution is -0.118. The molecule has 0 saturated heterocycles. The summed E-state index contributed by atoms with van der Waals surface area (Å²) < 4.78 is 29.6. The van der Waals surface area contributed by atoms with Crippen molar-refractivity contribution in [3.63, 3.8) is 0 Å². The number of methoxy groups -OCH3 is 1. The van der Waals surface area contributed by atoms with Crippen LogP contribution in [0.2, 0.25) is 0 Å². The van der Waals surface area contributed by atoms with Gasteiger partial charge in [-0.15, -0.1) is 0 Å². The van der Waals surface area contributed by atoms with E-state index >= 15 is 0 Å². The van der Waals surface area contributed by atoms with E-state index in [2.05, 4.69) is 5.32 Å². The van der Waals surface area contributed by atoms with E-state index in [-0.39, 0.29) is 23.6 Å². The molecule has 0 radical (unpaired) electrons. The van der Waals surface area contributed by atoms with Gasteiger partial charge < -0.3 is 19.5 Å². The molecule has 0 aromatic heterocycles. The van der Waals surface area contributed by atoms with Gasteiger partial charge in [0.15, 0.2) is 6.61 Å². The first-order chi connectivity index (χ1) is 14.6. The Hall–Kier alpha value is -3.87. The Morgan fingerprint density at radius 1 is 0.967 bits per heavy atom. The molecule has 154 valence electrons. The van der Waals surface area contributed by atoms with Crippen molar-refractivity contribution < 1.29 is 28.2 Å². The van der Waals surface area contributed by atoms with Crippen LogP contribution in [-0.2, 0) is 16.1 Å². The molecule has 7 heteroatoms. The number of carbonyl (C=O) groups excluding carboxylic acids is 2. The van der Waals surface area contributed by atoms with Crippen molar-refractivity contribution in [2.75, 3.05) is 19.0 Å². The Morgan fingerprint density at radius 2 is 1.73 bits per heavy atom. The van der Waals surface area contributed by atoms with Gasteiger partial charge in [0, 0.05) is 0 Å². The van der Waals surface area contributed by atoms with E-state index < -0.39 is 24.3 Å². The molecule has 6 nitrogen and oxygen atoms in total. The molecule has 0 heterocycles. The van der Waals surface area contributed by atoms with Crippen LogP contribution in [0.1, 0.15) is 15.9 Å². The summed E-state index contributed by atoms with van der Waals surface area (Å²) in [7, 11) is 1.56. The van der Waals surface area contributed by atoms with E-state index in [1.54, 1.807) is 49.6 Å². The summed E-state index contributed by atoms with van der Waals surface area (Å²) >= 11 is 0. The molecule has 0 fully saturated rings. The molecule has 0 spiro atoms. The minimum absolute atomic E-state index is 0.0529. The van der Waals surface area contributed by atoms with Gasteiger partial charge in [0.25, 0.3) is 5.91 Å². The maximum atomic E-state index is 13.6. The minimum Gasteiger partial charge on any atom is -0.497 e. The number of benzene rings is 3. The van der Waals surface area contributed by atoms with Gasteiger partial charge >= 0.3 is 5.97 Å².